The first kappa shape index (κ1) is 23.1. The number of Topliss-reactive ketones (excluding diaryl/α,β-unsaturated/α-hetero) is 1. The summed E-state index contributed by atoms with van der Waals surface area (Å²) < 4.78 is 9.09. The van der Waals surface area contributed by atoms with Crippen LogP contribution in [-0.4, -0.2) is 40.2 Å². The Morgan fingerprint density at radius 1 is 1.09 bits per heavy atom. The van der Waals surface area contributed by atoms with Gasteiger partial charge in [-0.25, -0.2) is 4.68 Å². The van der Waals surface area contributed by atoms with Crippen molar-refractivity contribution in [1.82, 2.24) is 14.3 Å². The quantitative estimate of drug-likeness (QED) is 0.532. The molecule has 1 fully saturated rings. The Labute approximate surface area is 195 Å². The van der Waals surface area contributed by atoms with Gasteiger partial charge in [-0.3, -0.25) is 19.2 Å². The minimum atomic E-state index is -0.0636. The first-order valence-corrected chi connectivity index (χ1v) is 11.6. The fraction of sp³-hybridized carbons (Fsp3) is 0.407. The van der Waals surface area contributed by atoms with Crippen molar-refractivity contribution in [2.45, 2.75) is 40.2 Å². The van der Waals surface area contributed by atoms with Crippen LogP contribution in [-0.2, 0) is 13.6 Å². The highest BCUT2D eigenvalue weighted by molar-refractivity contribution is 5.98. The highest BCUT2D eigenvalue weighted by Crippen LogP contribution is 2.28. The van der Waals surface area contributed by atoms with Gasteiger partial charge in [-0.1, -0.05) is 18.2 Å². The summed E-state index contributed by atoms with van der Waals surface area (Å²) in [7, 11) is 3.58. The van der Waals surface area contributed by atoms with Gasteiger partial charge in [0, 0.05) is 37.3 Å². The van der Waals surface area contributed by atoms with Gasteiger partial charge in [0.05, 0.1) is 18.4 Å². The van der Waals surface area contributed by atoms with Crippen LogP contribution in [0, 0.1) is 26.7 Å². The minimum absolute atomic E-state index is 0.0102. The molecule has 0 radical (unpaired) electrons. The summed E-state index contributed by atoms with van der Waals surface area (Å²) in [5, 5.41) is 0. The first-order chi connectivity index (χ1) is 15.8. The standard InChI is InChI=1S/C27H33N3O3/c1-18-14-22(15-19(2)26(18)33-5)25(31)21-10-9-13-29(16-21)17-24-20(3)28(4)30(27(24)32)23-11-7-6-8-12-23/h6-8,11-12,14-15,21H,9-10,13,16-17H2,1-5H3/t21-/m0/s1. The Hall–Kier alpha value is -3.12. The van der Waals surface area contributed by atoms with Crippen LogP contribution in [0.25, 0.3) is 5.69 Å². The summed E-state index contributed by atoms with van der Waals surface area (Å²) in [6, 6.07) is 13.6. The third-order valence-corrected chi connectivity index (χ3v) is 6.88. The van der Waals surface area contributed by atoms with Crippen LogP contribution < -0.4 is 10.3 Å². The SMILES string of the molecule is COc1c(C)cc(C(=O)[C@H]2CCCN(Cc3c(C)n(C)n(-c4ccccc4)c3=O)C2)cc1C. The number of hydrogen-bond acceptors (Lipinski definition) is 4. The molecule has 33 heavy (non-hydrogen) atoms. The van der Waals surface area contributed by atoms with E-state index in [9.17, 15) is 9.59 Å². The van der Waals surface area contributed by atoms with Gasteiger partial charge in [-0.15, -0.1) is 0 Å². The van der Waals surface area contributed by atoms with E-state index in [-0.39, 0.29) is 17.3 Å². The molecule has 3 aromatic rings. The topological polar surface area (TPSA) is 56.5 Å². The van der Waals surface area contributed by atoms with E-state index in [0.717, 1.165) is 58.8 Å². The minimum Gasteiger partial charge on any atom is -0.496 e. The van der Waals surface area contributed by atoms with Gasteiger partial charge in [-0.05, 0) is 75.5 Å². The number of carbonyl (C=O) groups is 1. The van der Waals surface area contributed by atoms with Crippen molar-refractivity contribution in [2.24, 2.45) is 13.0 Å². The highest BCUT2D eigenvalue weighted by atomic mass is 16.5. The Morgan fingerprint density at radius 3 is 2.39 bits per heavy atom. The van der Waals surface area contributed by atoms with E-state index in [2.05, 4.69) is 4.90 Å². The molecule has 0 N–H and O–H groups in total. The normalized spacial score (nSPS) is 16.7. The second-order valence-corrected chi connectivity index (χ2v) is 9.12. The largest absolute Gasteiger partial charge is 0.496 e. The van der Waals surface area contributed by atoms with Crippen molar-refractivity contribution in [2.75, 3.05) is 20.2 Å². The summed E-state index contributed by atoms with van der Waals surface area (Å²) in [6.07, 6.45) is 1.82. The third-order valence-electron chi connectivity index (χ3n) is 6.88. The molecular formula is C27H33N3O3. The number of ketones is 1. The van der Waals surface area contributed by atoms with Crippen LogP contribution in [0.2, 0.25) is 0 Å². The lowest BCUT2D eigenvalue weighted by Gasteiger charge is -2.32. The van der Waals surface area contributed by atoms with E-state index in [1.54, 1.807) is 11.8 Å². The van der Waals surface area contributed by atoms with Crippen LogP contribution >= 0.6 is 0 Å². The number of aromatic nitrogens is 2. The lowest BCUT2D eigenvalue weighted by Crippen LogP contribution is -2.39. The molecule has 0 aliphatic carbocycles. The van der Waals surface area contributed by atoms with Crippen LogP contribution in [0.5, 0.6) is 5.75 Å². The van der Waals surface area contributed by atoms with E-state index >= 15 is 0 Å². The molecule has 2 heterocycles. The molecule has 0 spiro atoms. The highest BCUT2D eigenvalue weighted by Gasteiger charge is 2.29. The van der Waals surface area contributed by atoms with E-state index in [1.165, 1.54) is 0 Å². The van der Waals surface area contributed by atoms with E-state index < -0.39 is 0 Å². The Bertz CT molecular complexity index is 1200. The average molecular weight is 448 g/mol. The van der Waals surface area contributed by atoms with Crippen LogP contribution in [0.3, 0.4) is 0 Å². The smallest absolute Gasteiger partial charge is 0.276 e. The predicted molar refractivity (Wildman–Crippen MR) is 131 cm³/mol. The molecular weight excluding hydrogens is 414 g/mol. The van der Waals surface area contributed by atoms with E-state index in [0.29, 0.717) is 13.1 Å². The molecule has 0 bridgehead atoms. The molecule has 1 aromatic heterocycles. The summed E-state index contributed by atoms with van der Waals surface area (Å²) in [5.74, 6) is 0.956. The van der Waals surface area contributed by atoms with Crippen molar-refractivity contribution < 1.29 is 9.53 Å². The number of hydrogen-bond donors (Lipinski definition) is 0. The van der Waals surface area contributed by atoms with Gasteiger partial charge >= 0.3 is 0 Å². The average Bonchev–Trinajstić information content (AvgIpc) is 3.02. The molecule has 0 saturated carbocycles. The summed E-state index contributed by atoms with van der Waals surface area (Å²) in [6.45, 7) is 8.07. The second-order valence-electron chi connectivity index (χ2n) is 9.12. The number of ether oxygens (including phenoxy) is 1. The maximum atomic E-state index is 13.3. The zero-order valence-corrected chi connectivity index (χ0v) is 20.2. The first-order valence-electron chi connectivity index (χ1n) is 11.6. The lowest BCUT2D eigenvalue weighted by molar-refractivity contribution is 0.0811. The summed E-state index contributed by atoms with van der Waals surface area (Å²) >= 11 is 0. The van der Waals surface area contributed by atoms with Gasteiger partial charge in [0.15, 0.2) is 5.78 Å². The molecule has 4 rings (SSSR count). The Kier molecular flexibility index (Phi) is 6.56. The molecule has 174 valence electrons. The maximum absolute atomic E-state index is 13.3. The Balaban J connectivity index is 1.55. The molecule has 0 amide bonds. The molecule has 1 atom stereocenters. The van der Waals surface area contributed by atoms with Crippen molar-refractivity contribution >= 4 is 5.78 Å². The fourth-order valence-electron chi connectivity index (χ4n) is 5.09. The van der Waals surface area contributed by atoms with Gasteiger partial charge in [-0.2, -0.15) is 0 Å². The molecule has 2 aromatic carbocycles. The van der Waals surface area contributed by atoms with Crippen LogP contribution in [0.15, 0.2) is 47.3 Å². The van der Waals surface area contributed by atoms with E-state index in [4.69, 9.17) is 4.74 Å². The zero-order valence-electron chi connectivity index (χ0n) is 20.2. The Morgan fingerprint density at radius 2 is 1.76 bits per heavy atom. The zero-order chi connectivity index (χ0) is 23.7. The summed E-state index contributed by atoms with van der Waals surface area (Å²) in [4.78, 5) is 28.9. The number of carbonyl (C=O) groups excluding carboxylic acids is 1. The van der Waals surface area contributed by atoms with Gasteiger partial charge in [0.2, 0.25) is 0 Å². The number of benzene rings is 2. The van der Waals surface area contributed by atoms with Crippen LogP contribution in [0.1, 0.15) is 45.6 Å². The fourth-order valence-corrected chi connectivity index (χ4v) is 5.09. The van der Waals surface area contributed by atoms with Gasteiger partial charge in [0.1, 0.15) is 5.75 Å². The number of rotatable bonds is 6. The van der Waals surface area contributed by atoms with E-state index in [1.807, 2.05) is 75.0 Å². The number of piperidine rings is 1. The molecule has 1 aliphatic rings. The number of likely N-dealkylation sites (tertiary alicyclic amines) is 1. The van der Waals surface area contributed by atoms with Gasteiger partial charge < -0.3 is 4.74 Å². The second kappa shape index (κ2) is 9.40. The monoisotopic (exact) mass is 447 g/mol. The number of methoxy groups -OCH3 is 1. The lowest BCUT2D eigenvalue weighted by atomic mass is 9.88. The number of nitrogens with zero attached hydrogens (tertiary/aromatic N) is 3. The molecule has 6 nitrogen and oxygen atoms in total. The molecule has 1 saturated heterocycles. The molecule has 0 unspecified atom stereocenters. The van der Waals surface area contributed by atoms with Crippen molar-refractivity contribution in [3.63, 3.8) is 0 Å². The van der Waals surface area contributed by atoms with Crippen LogP contribution in [0.4, 0.5) is 0 Å². The number of para-hydroxylation sites is 1. The van der Waals surface area contributed by atoms with Crippen molar-refractivity contribution in [3.05, 3.63) is 80.8 Å². The maximum Gasteiger partial charge on any atom is 0.276 e. The molecule has 1 aliphatic heterocycles. The summed E-state index contributed by atoms with van der Waals surface area (Å²) in [5.41, 5.74) is 5.33. The third kappa shape index (κ3) is 4.40. The van der Waals surface area contributed by atoms with Gasteiger partial charge in [0.25, 0.3) is 5.56 Å². The van der Waals surface area contributed by atoms with Crippen molar-refractivity contribution in [1.29, 1.82) is 0 Å². The number of aryl methyl sites for hydroxylation is 2. The predicted octanol–water partition coefficient (Wildman–Crippen LogP) is 4.20. The van der Waals surface area contributed by atoms with Crippen molar-refractivity contribution in [3.8, 4) is 11.4 Å². The molecule has 6 heteroatoms.